The third-order valence-corrected chi connectivity index (χ3v) is 4.07. The van der Waals surface area contributed by atoms with Crippen LogP contribution in [0.25, 0.3) is 16.7 Å². The fourth-order valence-electron chi connectivity index (χ4n) is 2.84. The smallest absolute Gasteiger partial charge is 0.358 e. The van der Waals surface area contributed by atoms with E-state index >= 15 is 0 Å². The standard InChI is InChI=1S/C17H17N5O3/c1-4-11-7-8-12-14(18-3)15(22(24)25)17(23)21(16(12)20-11)13-6-5-9-19-10(13)2/h5-9,18H,4H2,1-3H3. The number of nitrogens with zero attached hydrogens (tertiary/aromatic N) is 4. The van der Waals surface area contributed by atoms with E-state index in [-0.39, 0.29) is 5.69 Å². The number of anilines is 1. The average molecular weight is 339 g/mol. The molecule has 8 nitrogen and oxygen atoms in total. The van der Waals surface area contributed by atoms with Crippen molar-refractivity contribution < 1.29 is 4.92 Å². The van der Waals surface area contributed by atoms with E-state index < -0.39 is 16.2 Å². The van der Waals surface area contributed by atoms with Crippen molar-refractivity contribution in [3.05, 3.63) is 62.3 Å². The predicted molar refractivity (Wildman–Crippen MR) is 95.5 cm³/mol. The van der Waals surface area contributed by atoms with Gasteiger partial charge in [-0.05, 0) is 37.6 Å². The Labute approximate surface area is 143 Å². The molecule has 0 aromatic carbocycles. The number of fused-ring (bicyclic) bond motifs is 1. The summed E-state index contributed by atoms with van der Waals surface area (Å²) in [5.41, 5.74) is 1.14. The van der Waals surface area contributed by atoms with E-state index in [0.717, 1.165) is 5.69 Å². The molecule has 0 saturated heterocycles. The Kier molecular flexibility index (Phi) is 4.18. The molecule has 0 unspecified atom stereocenters. The fourth-order valence-corrected chi connectivity index (χ4v) is 2.84. The molecule has 3 rings (SSSR count). The van der Waals surface area contributed by atoms with Gasteiger partial charge >= 0.3 is 11.2 Å². The Balaban J connectivity index is 2.58. The van der Waals surface area contributed by atoms with Crippen LogP contribution in [0.3, 0.4) is 0 Å². The third-order valence-electron chi connectivity index (χ3n) is 4.07. The molecular formula is C17H17N5O3. The molecular weight excluding hydrogens is 322 g/mol. The predicted octanol–water partition coefficient (Wildman–Crippen LogP) is 2.60. The van der Waals surface area contributed by atoms with E-state index in [9.17, 15) is 14.9 Å². The Morgan fingerprint density at radius 3 is 2.68 bits per heavy atom. The first-order chi connectivity index (χ1) is 12.0. The maximum atomic E-state index is 13.0. The minimum absolute atomic E-state index is 0.165. The Hall–Kier alpha value is -3.29. The molecule has 0 aliphatic carbocycles. The summed E-state index contributed by atoms with van der Waals surface area (Å²) in [5, 5.41) is 14.8. The summed E-state index contributed by atoms with van der Waals surface area (Å²) in [7, 11) is 1.55. The maximum Gasteiger partial charge on any atom is 0.358 e. The van der Waals surface area contributed by atoms with E-state index in [1.54, 1.807) is 44.4 Å². The lowest BCUT2D eigenvalue weighted by Gasteiger charge is -2.15. The van der Waals surface area contributed by atoms with Crippen molar-refractivity contribution in [1.29, 1.82) is 0 Å². The molecule has 0 bridgehead atoms. The van der Waals surface area contributed by atoms with Crippen molar-refractivity contribution in [2.75, 3.05) is 12.4 Å². The summed E-state index contributed by atoms with van der Waals surface area (Å²) in [4.78, 5) is 32.6. The van der Waals surface area contributed by atoms with Crippen molar-refractivity contribution in [3.63, 3.8) is 0 Å². The Bertz CT molecular complexity index is 1040. The second kappa shape index (κ2) is 6.31. The van der Waals surface area contributed by atoms with Gasteiger partial charge in [0.15, 0.2) is 0 Å². The van der Waals surface area contributed by atoms with Crippen LogP contribution >= 0.6 is 0 Å². The van der Waals surface area contributed by atoms with Gasteiger partial charge in [0.1, 0.15) is 11.3 Å². The Morgan fingerprint density at radius 2 is 2.08 bits per heavy atom. The molecule has 0 radical (unpaired) electrons. The van der Waals surface area contributed by atoms with Crippen molar-refractivity contribution in [2.45, 2.75) is 20.3 Å². The van der Waals surface area contributed by atoms with Crippen LogP contribution in [-0.2, 0) is 6.42 Å². The highest BCUT2D eigenvalue weighted by atomic mass is 16.6. The van der Waals surface area contributed by atoms with Crippen molar-refractivity contribution in [1.82, 2.24) is 14.5 Å². The molecule has 0 atom stereocenters. The third kappa shape index (κ3) is 2.61. The average Bonchev–Trinajstić information content (AvgIpc) is 2.61. The summed E-state index contributed by atoms with van der Waals surface area (Å²) in [5.74, 6) is 0. The van der Waals surface area contributed by atoms with Gasteiger partial charge in [-0.15, -0.1) is 0 Å². The van der Waals surface area contributed by atoms with Crippen LogP contribution in [0.4, 0.5) is 11.4 Å². The van der Waals surface area contributed by atoms with E-state index in [4.69, 9.17) is 0 Å². The van der Waals surface area contributed by atoms with E-state index in [1.165, 1.54) is 4.57 Å². The molecule has 3 aromatic rings. The maximum absolute atomic E-state index is 13.0. The van der Waals surface area contributed by atoms with Crippen LogP contribution < -0.4 is 10.9 Å². The van der Waals surface area contributed by atoms with Crippen LogP contribution in [0.2, 0.25) is 0 Å². The molecule has 0 fully saturated rings. The number of aryl methyl sites for hydroxylation is 2. The second-order valence-corrected chi connectivity index (χ2v) is 5.51. The van der Waals surface area contributed by atoms with Gasteiger partial charge in [0.05, 0.1) is 16.3 Å². The van der Waals surface area contributed by atoms with Crippen molar-refractivity contribution >= 4 is 22.4 Å². The first kappa shape index (κ1) is 16.6. The van der Waals surface area contributed by atoms with Gasteiger partial charge < -0.3 is 5.32 Å². The molecule has 128 valence electrons. The van der Waals surface area contributed by atoms with Gasteiger partial charge in [0.2, 0.25) is 0 Å². The van der Waals surface area contributed by atoms with Crippen LogP contribution in [0.5, 0.6) is 0 Å². The normalized spacial score (nSPS) is 10.8. The monoisotopic (exact) mass is 339 g/mol. The number of aromatic nitrogens is 3. The molecule has 8 heteroatoms. The van der Waals surface area contributed by atoms with Gasteiger partial charge in [0.25, 0.3) is 0 Å². The molecule has 3 heterocycles. The summed E-state index contributed by atoms with van der Waals surface area (Å²) in [6, 6.07) is 6.94. The highest BCUT2D eigenvalue weighted by Crippen LogP contribution is 2.30. The van der Waals surface area contributed by atoms with E-state index in [2.05, 4.69) is 15.3 Å². The number of nitro groups is 1. The SMILES string of the molecule is CCc1ccc2c(NC)c([N+](=O)[O-])c(=O)n(-c3cccnc3C)c2n1. The highest BCUT2D eigenvalue weighted by molar-refractivity contribution is 5.95. The van der Waals surface area contributed by atoms with Gasteiger partial charge in [-0.1, -0.05) is 6.92 Å². The molecule has 1 N–H and O–H groups in total. The molecule has 3 aromatic heterocycles. The number of hydrogen-bond acceptors (Lipinski definition) is 6. The van der Waals surface area contributed by atoms with Crippen LogP contribution in [0, 0.1) is 17.0 Å². The summed E-state index contributed by atoms with van der Waals surface area (Å²) in [6.07, 6.45) is 2.29. The van der Waals surface area contributed by atoms with E-state index in [1.807, 2.05) is 6.92 Å². The largest absolute Gasteiger partial charge is 0.382 e. The Morgan fingerprint density at radius 1 is 1.32 bits per heavy atom. The highest BCUT2D eigenvalue weighted by Gasteiger charge is 2.27. The number of rotatable bonds is 4. The van der Waals surface area contributed by atoms with Crippen LogP contribution in [-0.4, -0.2) is 26.5 Å². The molecule has 0 aliphatic rings. The number of hydrogen-bond donors (Lipinski definition) is 1. The van der Waals surface area contributed by atoms with E-state index in [0.29, 0.717) is 28.8 Å². The zero-order chi connectivity index (χ0) is 18.1. The lowest BCUT2D eigenvalue weighted by atomic mass is 10.1. The summed E-state index contributed by atoms with van der Waals surface area (Å²) >= 11 is 0. The molecule has 0 amide bonds. The molecule has 0 aliphatic heterocycles. The topological polar surface area (TPSA) is 103 Å². The van der Waals surface area contributed by atoms with Gasteiger partial charge in [-0.2, -0.15) is 0 Å². The number of nitrogens with one attached hydrogen (secondary N) is 1. The lowest BCUT2D eigenvalue weighted by Crippen LogP contribution is -2.25. The quantitative estimate of drug-likeness (QED) is 0.579. The lowest BCUT2D eigenvalue weighted by molar-refractivity contribution is -0.385. The molecule has 0 saturated carbocycles. The van der Waals surface area contributed by atoms with Gasteiger partial charge in [-0.25, -0.2) is 4.98 Å². The summed E-state index contributed by atoms with van der Waals surface area (Å²) in [6.45, 7) is 3.70. The van der Waals surface area contributed by atoms with Crippen molar-refractivity contribution in [2.24, 2.45) is 0 Å². The van der Waals surface area contributed by atoms with Crippen LogP contribution in [0.1, 0.15) is 18.3 Å². The van der Waals surface area contributed by atoms with Crippen LogP contribution in [0.15, 0.2) is 35.3 Å². The minimum Gasteiger partial charge on any atom is -0.382 e. The zero-order valence-corrected chi connectivity index (χ0v) is 14.1. The van der Waals surface area contributed by atoms with Crippen molar-refractivity contribution in [3.8, 4) is 5.69 Å². The number of pyridine rings is 3. The molecule has 25 heavy (non-hydrogen) atoms. The van der Waals surface area contributed by atoms with Gasteiger partial charge in [-0.3, -0.25) is 24.5 Å². The zero-order valence-electron chi connectivity index (χ0n) is 14.1. The second-order valence-electron chi connectivity index (χ2n) is 5.51. The van der Waals surface area contributed by atoms with Gasteiger partial charge in [0, 0.05) is 24.3 Å². The molecule has 0 spiro atoms. The minimum atomic E-state index is -0.737. The fraction of sp³-hybridized carbons (Fsp3) is 0.235. The summed E-state index contributed by atoms with van der Waals surface area (Å²) < 4.78 is 1.27. The first-order valence-electron chi connectivity index (χ1n) is 7.82. The first-order valence-corrected chi connectivity index (χ1v) is 7.82.